The zero-order valence-corrected chi connectivity index (χ0v) is 14.5. The average molecular weight is 356 g/mol. The Morgan fingerprint density at radius 2 is 2.08 bits per heavy atom. The number of rotatable bonds is 2. The van der Waals surface area contributed by atoms with Gasteiger partial charge in [0, 0.05) is 18.7 Å². The first-order valence-corrected chi connectivity index (χ1v) is 8.67. The maximum Gasteiger partial charge on any atom is 0.254 e. The summed E-state index contributed by atoms with van der Waals surface area (Å²) in [7, 11) is 0. The lowest BCUT2D eigenvalue weighted by molar-refractivity contribution is 0.0644. The molecule has 127 valence electrons. The van der Waals surface area contributed by atoms with Crippen LogP contribution < -0.4 is 0 Å². The lowest BCUT2D eigenvalue weighted by atomic mass is 10.1. The zero-order chi connectivity index (χ0) is 17.6. The summed E-state index contributed by atoms with van der Waals surface area (Å²) in [5.74, 6) is 0.976. The molecule has 0 saturated heterocycles. The van der Waals surface area contributed by atoms with Crippen LogP contribution in [0.3, 0.4) is 0 Å². The molecule has 6 nitrogen and oxygen atoms in total. The molecule has 0 bridgehead atoms. The van der Waals surface area contributed by atoms with Gasteiger partial charge in [0.25, 0.3) is 5.91 Å². The first-order valence-electron chi connectivity index (χ1n) is 7.90. The van der Waals surface area contributed by atoms with Crippen molar-refractivity contribution < 1.29 is 9.18 Å². The molecular weight excluding hydrogens is 341 g/mol. The fourth-order valence-electron chi connectivity index (χ4n) is 3.03. The molecule has 0 aliphatic carbocycles. The molecule has 1 radical (unpaired) electrons. The van der Waals surface area contributed by atoms with Gasteiger partial charge in [0.05, 0.1) is 11.7 Å². The molecule has 0 unspecified atom stereocenters. The van der Waals surface area contributed by atoms with Gasteiger partial charge in [-0.1, -0.05) is 0 Å². The number of carbonyl (C=O) groups excluding carboxylic acids is 1. The molecule has 25 heavy (non-hydrogen) atoms. The molecule has 1 atom stereocenters. The largest absolute Gasteiger partial charge is 0.329 e. The van der Waals surface area contributed by atoms with Crippen molar-refractivity contribution in [3.05, 3.63) is 53.4 Å². The Hall–Kier alpha value is -2.61. The number of halogens is 1. The number of benzene rings is 1. The number of fused-ring (bicyclic) bond motifs is 1. The molecule has 3 heterocycles. The Bertz CT molecular complexity index is 933. The van der Waals surface area contributed by atoms with Crippen LogP contribution in [0, 0.1) is 18.9 Å². The maximum absolute atomic E-state index is 13.1. The minimum absolute atomic E-state index is 0.123. The highest BCUT2D eigenvalue weighted by atomic mass is 32.1. The minimum atomic E-state index is -0.355. The lowest BCUT2D eigenvalue weighted by Gasteiger charge is -2.34. The van der Waals surface area contributed by atoms with Crippen LogP contribution in [-0.4, -0.2) is 36.3 Å². The van der Waals surface area contributed by atoms with Crippen LogP contribution in [0.25, 0.3) is 10.8 Å². The zero-order valence-electron chi connectivity index (χ0n) is 13.7. The van der Waals surface area contributed by atoms with Crippen LogP contribution >= 0.6 is 11.5 Å². The van der Waals surface area contributed by atoms with Gasteiger partial charge in [-0.05, 0) is 49.6 Å². The summed E-state index contributed by atoms with van der Waals surface area (Å²) in [6.07, 6.45) is 3.03. The van der Waals surface area contributed by atoms with Crippen LogP contribution in [0.2, 0.25) is 0 Å². The molecule has 0 spiro atoms. The fraction of sp³-hybridized carbons (Fsp3) is 0.294. The molecule has 1 amide bonds. The number of imidazole rings is 1. The van der Waals surface area contributed by atoms with Crippen LogP contribution in [0.4, 0.5) is 4.39 Å². The third-order valence-corrected chi connectivity index (χ3v) is 5.12. The Kier molecular flexibility index (Phi) is 3.84. The van der Waals surface area contributed by atoms with Crippen molar-refractivity contribution in [2.24, 2.45) is 0 Å². The number of carbonyl (C=O) groups is 1. The van der Waals surface area contributed by atoms with Gasteiger partial charge in [-0.2, -0.15) is 4.37 Å². The van der Waals surface area contributed by atoms with E-state index in [2.05, 4.69) is 20.5 Å². The first-order chi connectivity index (χ1) is 12.0. The molecule has 1 aliphatic rings. The summed E-state index contributed by atoms with van der Waals surface area (Å²) in [5.41, 5.74) is 1.31. The molecule has 3 aromatic rings. The highest BCUT2D eigenvalue weighted by Crippen LogP contribution is 2.31. The van der Waals surface area contributed by atoms with Crippen molar-refractivity contribution in [2.45, 2.75) is 26.4 Å². The van der Waals surface area contributed by atoms with E-state index in [1.165, 1.54) is 35.8 Å². The average Bonchev–Trinajstić information content (AvgIpc) is 3.21. The van der Waals surface area contributed by atoms with E-state index >= 15 is 0 Å². The van der Waals surface area contributed by atoms with Crippen molar-refractivity contribution in [1.82, 2.24) is 23.8 Å². The fourth-order valence-corrected chi connectivity index (χ4v) is 3.70. The third kappa shape index (κ3) is 2.72. The molecule has 0 N–H and O–H groups in total. The van der Waals surface area contributed by atoms with Crippen LogP contribution in [0.5, 0.6) is 0 Å². The van der Waals surface area contributed by atoms with E-state index < -0.39 is 0 Å². The summed E-state index contributed by atoms with van der Waals surface area (Å²) >= 11 is 1.31. The van der Waals surface area contributed by atoms with Crippen molar-refractivity contribution in [3.63, 3.8) is 0 Å². The Labute approximate surface area is 148 Å². The SMILES string of the molecule is Cc1nsc(-c2n[c]c3n2CCN(C(=O)c2ccc(F)cc2)[C@@H]3C)n1. The van der Waals surface area contributed by atoms with Gasteiger partial charge in [0.1, 0.15) is 17.8 Å². The summed E-state index contributed by atoms with van der Waals surface area (Å²) < 4.78 is 19.3. The van der Waals surface area contributed by atoms with Crippen molar-refractivity contribution in [3.8, 4) is 10.8 Å². The lowest BCUT2D eigenvalue weighted by Crippen LogP contribution is -2.41. The molecule has 8 heteroatoms. The van der Waals surface area contributed by atoms with E-state index in [-0.39, 0.29) is 17.8 Å². The summed E-state index contributed by atoms with van der Waals surface area (Å²) in [6.45, 7) is 4.94. The predicted molar refractivity (Wildman–Crippen MR) is 90.6 cm³/mol. The minimum Gasteiger partial charge on any atom is -0.329 e. The standard InChI is InChI=1S/C17H15FN5OS/c1-10-14-9-19-15(16-20-11(2)21-25-16)23(14)8-7-22(10)17(24)12-3-5-13(18)6-4-12/h3-6,10H,7-8H2,1-2H3/t10-/m1/s1. The monoisotopic (exact) mass is 356 g/mol. The van der Waals surface area contributed by atoms with Crippen molar-refractivity contribution in [2.75, 3.05) is 6.54 Å². The van der Waals surface area contributed by atoms with Crippen LogP contribution in [-0.2, 0) is 6.54 Å². The maximum atomic E-state index is 13.1. The van der Waals surface area contributed by atoms with Gasteiger partial charge in [-0.25, -0.2) is 14.4 Å². The summed E-state index contributed by atoms with van der Waals surface area (Å²) in [4.78, 5) is 23.3. The number of hydrogen-bond acceptors (Lipinski definition) is 5. The van der Waals surface area contributed by atoms with Gasteiger partial charge in [-0.3, -0.25) is 4.79 Å². The number of hydrogen-bond donors (Lipinski definition) is 0. The Morgan fingerprint density at radius 3 is 2.76 bits per heavy atom. The first kappa shape index (κ1) is 15.9. The van der Waals surface area contributed by atoms with E-state index in [0.29, 0.717) is 24.5 Å². The molecular formula is C17H15FN5OS. The third-order valence-electron chi connectivity index (χ3n) is 4.32. The van der Waals surface area contributed by atoms with E-state index in [0.717, 1.165) is 16.5 Å². The predicted octanol–water partition coefficient (Wildman–Crippen LogP) is 2.87. The van der Waals surface area contributed by atoms with Crippen LogP contribution in [0.15, 0.2) is 24.3 Å². The number of aryl methyl sites for hydroxylation is 1. The molecule has 1 aromatic carbocycles. The second-order valence-electron chi connectivity index (χ2n) is 5.91. The number of aromatic nitrogens is 4. The van der Waals surface area contributed by atoms with Gasteiger partial charge in [-0.15, -0.1) is 0 Å². The van der Waals surface area contributed by atoms with Crippen molar-refractivity contribution in [1.29, 1.82) is 0 Å². The highest BCUT2D eigenvalue weighted by Gasteiger charge is 2.31. The van der Waals surface area contributed by atoms with Gasteiger partial charge in [0.15, 0.2) is 10.8 Å². The second-order valence-corrected chi connectivity index (χ2v) is 6.66. The molecule has 4 rings (SSSR count). The smallest absolute Gasteiger partial charge is 0.254 e. The molecule has 0 saturated carbocycles. The van der Waals surface area contributed by atoms with E-state index in [4.69, 9.17) is 0 Å². The van der Waals surface area contributed by atoms with Crippen LogP contribution in [0.1, 0.15) is 34.8 Å². The molecule has 0 fully saturated rings. The van der Waals surface area contributed by atoms with E-state index in [1.807, 2.05) is 18.4 Å². The summed E-state index contributed by atoms with van der Waals surface area (Å²) in [5, 5.41) is 0.755. The quantitative estimate of drug-likeness (QED) is 0.708. The summed E-state index contributed by atoms with van der Waals surface area (Å²) in [6, 6.07) is 5.44. The Balaban J connectivity index is 1.63. The Morgan fingerprint density at radius 1 is 1.32 bits per heavy atom. The normalized spacial score (nSPS) is 16.8. The van der Waals surface area contributed by atoms with Gasteiger partial charge >= 0.3 is 0 Å². The van der Waals surface area contributed by atoms with Gasteiger partial charge in [0.2, 0.25) is 0 Å². The van der Waals surface area contributed by atoms with E-state index in [1.54, 1.807) is 4.90 Å². The molecule has 1 aliphatic heterocycles. The number of nitrogens with zero attached hydrogens (tertiary/aromatic N) is 5. The van der Waals surface area contributed by atoms with Crippen molar-refractivity contribution >= 4 is 17.4 Å². The number of amides is 1. The second kappa shape index (κ2) is 6.03. The molecule has 2 aromatic heterocycles. The van der Waals surface area contributed by atoms with Gasteiger partial charge < -0.3 is 9.47 Å². The van der Waals surface area contributed by atoms with E-state index in [9.17, 15) is 9.18 Å². The topological polar surface area (TPSA) is 63.9 Å². The highest BCUT2D eigenvalue weighted by molar-refractivity contribution is 7.09.